The maximum Gasteiger partial charge on any atom is 0.408 e. The van der Waals surface area contributed by atoms with Crippen LogP contribution in [0.25, 0.3) is 0 Å². The fourth-order valence-electron chi connectivity index (χ4n) is 1.73. The van der Waals surface area contributed by atoms with Gasteiger partial charge in [-0.2, -0.15) is 0 Å². The summed E-state index contributed by atoms with van der Waals surface area (Å²) in [6, 6.07) is 7.88. The lowest BCUT2D eigenvalue weighted by Crippen LogP contribution is -2.48. The van der Waals surface area contributed by atoms with E-state index in [9.17, 15) is 14.4 Å². The zero-order chi connectivity index (χ0) is 16.5. The summed E-state index contributed by atoms with van der Waals surface area (Å²) in [6.45, 7) is 1.50. The molecule has 0 fully saturated rings. The van der Waals surface area contributed by atoms with Gasteiger partial charge in [0.15, 0.2) is 0 Å². The summed E-state index contributed by atoms with van der Waals surface area (Å²) < 4.78 is 14.1. The molecule has 0 aliphatic heterocycles. The molecule has 1 aromatic rings. The van der Waals surface area contributed by atoms with Crippen molar-refractivity contribution in [3.05, 3.63) is 35.9 Å². The average molecular weight is 309 g/mol. The fourth-order valence-corrected chi connectivity index (χ4v) is 1.73. The third-order valence-corrected chi connectivity index (χ3v) is 3.01. The summed E-state index contributed by atoms with van der Waals surface area (Å²) in [7, 11) is 2.36. The van der Waals surface area contributed by atoms with Crippen molar-refractivity contribution in [2.75, 3.05) is 14.2 Å². The molecule has 7 heteroatoms. The Hall–Kier alpha value is -2.57. The molecule has 2 atom stereocenters. The van der Waals surface area contributed by atoms with Gasteiger partial charge in [-0.1, -0.05) is 30.3 Å². The molecular formula is C15H19NO6. The minimum absolute atomic E-state index is 0.0488. The lowest BCUT2D eigenvalue weighted by molar-refractivity contribution is -0.153. The number of methoxy groups -OCH3 is 2. The van der Waals surface area contributed by atoms with Gasteiger partial charge < -0.3 is 19.5 Å². The van der Waals surface area contributed by atoms with Gasteiger partial charge in [0, 0.05) is 0 Å². The Bertz CT molecular complexity index is 516. The number of rotatable bonds is 6. The SMILES string of the molecule is COC(=O)[C@@H](C)[C@H](NC(=O)OCc1ccccc1)C(=O)OC. The van der Waals surface area contributed by atoms with Crippen molar-refractivity contribution in [2.24, 2.45) is 5.92 Å². The highest BCUT2D eigenvalue weighted by molar-refractivity contribution is 5.87. The van der Waals surface area contributed by atoms with Crippen molar-refractivity contribution in [1.82, 2.24) is 5.32 Å². The van der Waals surface area contributed by atoms with E-state index in [4.69, 9.17) is 4.74 Å². The van der Waals surface area contributed by atoms with Crippen LogP contribution in [0.1, 0.15) is 12.5 Å². The predicted octanol–water partition coefficient (Wildman–Crippen LogP) is 1.26. The van der Waals surface area contributed by atoms with E-state index in [0.29, 0.717) is 0 Å². The lowest BCUT2D eigenvalue weighted by atomic mass is 10.0. The quantitative estimate of drug-likeness (QED) is 0.628. The van der Waals surface area contributed by atoms with E-state index in [1.807, 2.05) is 18.2 Å². The van der Waals surface area contributed by atoms with Crippen LogP contribution in [0.5, 0.6) is 0 Å². The molecule has 0 saturated carbocycles. The van der Waals surface area contributed by atoms with E-state index in [1.165, 1.54) is 14.0 Å². The van der Waals surface area contributed by atoms with Crippen LogP contribution >= 0.6 is 0 Å². The van der Waals surface area contributed by atoms with Crippen molar-refractivity contribution in [2.45, 2.75) is 19.6 Å². The van der Waals surface area contributed by atoms with E-state index in [-0.39, 0.29) is 6.61 Å². The third-order valence-electron chi connectivity index (χ3n) is 3.01. The summed E-state index contributed by atoms with van der Waals surface area (Å²) in [5.74, 6) is -2.30. The van der Waals surface area contributed by atoms with Crippen LogP contribution < -0.4 is 5.32 Å². The van der Waals surface area contributed by atoms with Crippen LogP contribution in [0, 0.1) is 5.92 Å². The highest BCUT2D eigenvalue weighted by atomic mass is 16.6. The highest BCUT2D eigenvalue weighted by Crippen LogP contribution is 2.08. The maximum atomic E-state index is 11.8. The normalized spacial score (nSPS) is 12.7. The lowest BCUT2D eigenvalue weighted by Gasteiger charge is -2.20. The molecule has 0 radical (unpaired) electrons. The zero-order valence-corrected chi connectivity index (χ0v) is 12.7. The maximum absolute atomic E-state index is 11.8. The number of ether oxygens (including phenoxy) is 3. The number of esters is 2. The van der Waals surface area contributed by atoms with Crippen molar-refractivity contribution in [3.8, 4) is 0 Å². The van der Waals surface area contributed by atoms with Crippen LogP contribution in [-0.4, -0.2) is 38.3 Å². The Balaban J connectivity index is 2.63. The molecule has 120 valence electrons. The Morgan fingerprint density at radius 1 is 1.05 bits per heavy atom. The smallest absolute Gasteiger partial charge is 0.408 e. The van der Waals surface area contributed by atoms with Gasteiger partial charge in [0.2, 0.25) is 0 Å². The van der Waals surface area contributed by atoms with E-state index in [1.54, 1.807) is 12.1 Å². The van der Waals surface area contributed by atoms with Gasteiger partial charge in [0.05, 0.1) is 20.1 Å². The minimum atomic E-state index is -1.18. The first kappa shape index (κ1) is 17.5. The van der Waals surface area contributed by atoms with E-state index >= 15 is 0 Å². The van der Waals surface area contributed by atoms with Crippen LogP contribution in [0.4, 0.5) is 4.79 Å². The Labute approximate surface area is 128 Å². The van der Waals surface area contributed by atoms with Crippen molar-refractivity contribution in [1.29, 1.82) is 0 Å². The number of carbonyl (C=O) groups excluding carboxylic acids is 3. The summed E-state index contributed by atoms with van der Waals surface area (Å²) >= 11 is 0. The average Bonchev–Trinajstić information content (AvgIpc) is 2.56. The summed E-state index contributed by atoms with van der Waals surface area (Å²) in [5.41, 5.74) is 0.799. The highest BCUT2D eigenvalue weighted by Gasteiger charge is 2.33. The molecule has 0 heterocycles. The van der Waals surface area contributed by atoms with E-state index in [0.717, 1.165) is 12.7 Å². The van der Waals surface area contributed by atoms with Crippen LogP contribution in [0.15, 0.2) is 30.3 Å². The van der Waals surface area contributed by atoms with Gasteiger partial charge in [0.1, 0.15) is 12.6 Å². The first-order valence-electron chi connectivity index (χ1n) is 6.62. The van der Waals surface area contributed by atoms with Gasteiger partial charge in [-0.25, -0.2) is 9.59 Å². The fraction of sp³-hybridized carbons (Fsp3) is 0.400. The van der Waals surface area contributed by atoms with Gasteiger partial charge in [-0.15, -0.1) is 0 Å². The monoisotopic (exact) mass is 309 g/mol. The third kappa shape index (κ3) is 5.08. The molecule has 1 aromatic carbocycles. The topological polar surface area (TPSA) is 90.9 Å². The first-order valence-corrected chi connectivity index (χ1v) is 6.62. The van der Waals surface area contributed by atoms with Crippen molar-refractivity contribution >= 4 is 18.0 Å². The van der Waals surface area contributed by atoms with Gasteiger partial charge in [0.25, 0.3) is 0 Å². The molecule has 0 saturated heterocycles. The Kier molecular flexibility index (Phi) is 6.88. The number of alkyl carbamates (subject to hydrolysis) is 1. The second kappa shape index (κ2) is 8.66. The molecule has 0 unspecified atom stereocenters. The number of hydrogen-bond donors (Lipinski definition) is 1. The Morgan fingerprint density at radius 2 is 1.64 bits per heavy atom. The molecule has 0 bridgehead atoms. The summed E-state index contributed by atoms with van der Waals surface area (Å²) in [5, 5.41) is 2.32. The summed E-state index contributed by atoms with van der Waals surface area (Å²) in [4.78, 5) is 35.0. The summed E-state index contributed by atoms with van der Waals surface area (Å²) in [6.07, 6.45) is -0.824. The largest absolute Gasteiger partial charge is 0.469 e. The van der Waals surface area contributed by atoms with Gasteiger partial charge in [-0.3, -0.25) is 4.79 Å². The zero-order valence-electron chi connectivity index (χ0n) is 12.7. The second-order valence-electron chi connectivity index (χ2n) is 4.52. The molecule has 22 heavy (non-hydrogen) atoms. The number of benzene rings is 1. The van der Waals surface area contributed by atoms with Crippen LogP contribution in [0.2, 0.25) is 0 Å². The predicted molar refractivity (Wildman–Crippen MR) is 76.7 cm³/mol. The molecule has 0 spiro atoms. The number of nitrogens with one attached hydrogen (secondary N) is 1. The molecule has 7 nitrogen and oxygen atoms in total. The van der Waals surface area contributed by atoms with Crippen molar-refractivity contribution in [3.63, 3.8) is 0 Å². The molecule has 1 amide bonds. The Morgan fingerprint density at radius 3 is 2.18 bits per heavy atom. The van der Waals surface area contributed by atoms with E-state index < -0.39 is 30.0 Å². The minimum Gasteiger partial charge on any atom is -0.469 e. The first-order chi connectivity index (χ1) is 10.5. The molecule has 1 rings (SSSR count). The molecule has 0 aliphatic carbocycles. The molecule has 0 aliphatic rings. The number of hydrogen-bond acceptors (Lipinski definition) is 6. The molecule has 0 aromatic heterocycles. The van der Waals surface area contributed by atoms with Crippen LogP contribution in [0.3, 0.4) is 0 Å². The van der Waals surface area contributed by atoms with Gasteiger partial charge >= 0.3 is 18.0 Å². The molecule has 1 N–H and O–H groups in total. The number of amides is 1. The number of carbonyl (C=O) groups is 3. The second-order valence-corrected chi connectivity index (χ2v) is 4.52. The van der Waals surface area contributed by atoms with E-state index in [2.05, 4.69) is 14.8 Å². The van der Waals surface area contributed by atoms with Crippen LogP contribution in [-0.2, 0) is 30.4 Å². The van der Waals surface area contributed by atoms with Crippen molar-refractivity contribution < 1.29 is 28.6 Å². The van der Waals surface area contributed by atoms with Gasteiger partial charge in [-0.05, 0) is 12.5 Å². The standard InChI is InChI=1S/C15H19NO6/c1-10(13(17)20-2)12(14(18)21-3)16-15(19)22-9-11-7-5-4-6-8-11/h4-8,10,12H,9H2,1-3H3,(H,16,19)/t10-,12-/m0/s1. The molecular weight excluding hydrogens is 290 g/mol.